The average Bonchev–Trinajstić information content (AvgIpc) is 2.47. The number of Topliss-reactive ketones (excluding diaryl/α,β-unsaturated/α-hetero) is 1. The van der Waals surface area contributed by atoms with Crippen molar-refractivity contribution < 1.29 is 4.79 Å². The Labute approximate surface area is 117 Å². The van der Waals surface area contributed by atoms with Crippen molar-refractivity contribution in [1.82, 2.24) is 0 Å². The standard InChI is InChI=1S/C18H26O/c1-4-18(2,3)17(19)16-12-10-15(11-13-16)14-8-6-5-7-9-14/h10-14H,4-9H2,1-3H3. The molecule has 19 heavy (non-hydrogen) atoms. The number of ketones is 1. The van der Waals surface area contributed by atoms with Crippen LogP contribution < -0.4 is 0 Å². The molecule has 0 spiro atoms. The Bertz CT molecular complexity index is 422. The highest BCUT2D eigenvalue weighted by atomic mass is 16.1. The molecule has 1 heteroatoms. The van der Waals surface area contributed by atoms with E-state index < -0.39 is 0 Å². The monoisotopic (exact) mass is 258 g/mol. The molecule has 0 N–H and O–H groups in total. The fourth-order valence-electron chi connectivity index (χ4n) is 2.89. The van der Waals surface area contributed by atoms with E-state index in [0.717, 1.165) is 17.9 Å². The summed E-state index contributed by atoms with van der Waals surface area (Å²) in [6.07, 6.45) is 7.61. The molecule has 1 saturated carbocycles. The predicted octanol–water partition coefficient (Wildman–Crippen LogP) is 5.35. The van der Waals surface area contributed by atoms with E-state index in [4.69, 9.17) is 0 Å². The fourth-order valence-corrected chi connectivity index (χ4v) is 2.89. The molecule has 0 heterocycles. The quantitative estimate of drug-likeness (QED) is 0.665. The summed E-state index contributed by atoms with van der Waals surface area (Å²) in [4.78, 5) is 12.4. The summed E-state index contributed by atoms with van der Waals surface area (Å²) in [6.45, 7) is 6.14. The summed E-state index contributed by atoms with van der Waals surface area (Å²) < 4.78 is 0. The molecular weight excluding hydrogens is 232 g/mol. The molecule has 1 aromatic carbocycles. The SMILES string of the molecule is CCC(C)(C)C(=O)c1ccc(C2CCCCC2)cc1. The second kappa shape index (κ2) is 5.90. The van der Waals surface area contributed by atoms with Gasteiger partial charge in [0.05, 0.1) is 0 Å². The first-order valence-corrected chi connectivity index (χ1v) is 7.69. The minimum Gasteiger partial charge on any atom is -0.294 e. The van der Waals surface area contributed by atoms with E-state index in [1.165, 1.54) is 37.7 Å². The van der Waals surface area contributed by atoms with Crippen LogP contribution in [-0.4, -0.2) is 5.78 Å². The van der Waals surface area contributed by atoms with Crippen molar-refractivity contribution in [3.05, 3.63) is 35.4 Å². The van der Waals surface area contributed by atoms with Gasteiger partial charge in [0.25, 0.3) is 0 Å². The highest BCUT2D eigenvalue weighted by Gasteiger charge is 2.26. The second-order valence-electron chi connectivity index (χ2n) is 6.52. The normalized spacial score (nSPS) is 17.4. The van der Waals surface area contributed by atoms with Gasteiger partial charge in [0.2, 0.25) is 0 Å². The largest absolute Gasteiger partial charge is 0.294 e. The highest BCUT2D eigenvalue weighted by molar-refractivity contribution is 6.00. The average molecular weight is 258 g/mol. The Morgan fingerprint density at radius 3 is 2.21 bits per heavy atom. The summed E-state index contributed by atoms with van der Waals surface area (Å²) in [7, 11) is 0. The molecule has 1 fully saturated rings. The molecular formula is C18H26O. The molecule has 1 aromatic rings. The lowest BCUT2D eigenvalue weighted by Gasteiger charge is -2.23. The Balaban J connectivity index is 2.12. The third-order valence-corrected chi connectivity index (χ3v) is 4.75. The number of benzene rings is 1. The minimum atomic E-state index is -0.244. The van der Waals surface area contributed by atoms with Gasteiger partial charge in [0.1, 0.15) is 0 Å². The summed E-state index contributed by atoms with van der Waals surface area (Å²) in [6, 6.07) is 8.41. The van der Waals surface area contributed by atoms with Crippen molar-refractivity contribution >= 4 is 5.78 Å². The highest BCUT2D eigenvalue weighted by Crippen LogP contribution is 2.33. The summed E-state index contributed by atoms with van der Waals surface area (Å²) in [5, 5.41) is 0. The molecule has 0 unspecified atom stereocenters. The molecule has 2 rings (SSSR count). The maximum atomic E-state index is 12.4. The van der Waals surface area contributed by atoms with Crippen LogP contribution in [0.2, 0.25) is 0 Å². The van der Waals surface area contributed by atoms with E-state index >= 15 is 0 Å². The van der Waals surface area contributed by atoms with Crippen LogP contribution >= 0.6 is 0 Å². The third kappa shape index (κ3) is 3.26. The van der Waals surface area contributed by atoms with Crippen molar-refractivity contribution in [3.8, 4) is 0 Å². The van der Waals surface area contributed by atoms with Crippen molar-refractivity contribution in [2.24, 2.45) is 5.41 Å². The van der Waals surface area contributed by atoms with Crippen LogP contribution in [0.15, 0.2) is 24.3 Å². The summed E-state index contributed by atoms with van der Waals surface area (Å²) in [5.74, 6) is 0.988. The van der Waals surface area contributed by atoms with Gasteiger partial charge in [-0.3, -0.25) is 4.79 Å². The van der Waals surface area contributed by atoms with Crippen LogP contribution in [0.25, 0.3) is 0 Å². The molecule has 0 bridgehead atoms. The van der Waals surface area contributed by atoms with Gasteiger partial charge in [-0.1, -0.05) is 64.3 Å². The zero-order chi connectivity index (χ0) is 13.9. The zero-order valence-electron chi connectivity index (χ0n) is 12.5. The molecule has 0 saturated heterocycles. The van der Waals surface area contributed by atoms with Crippen molar-refractivity contribution in [3.63, 3.8) is 0 Å². The number of hydrogen-bond donors (Lipinski definition) is 0. The van der Waals surface area contributed by atoms with Crippen LogP contribution in [0.1, 0.15) is 81.1 Å². The van der Waals surface area contributed by atoms with E-state index in [0.29, 0.717) is 0 Å². The molecule has 1 aliphatic rings. The Morgan fingerprint density at radius 1 is 1.11 bits per heavy atom. The predicted molar refractivity (Wildman–Crippen MR) is 80.7 cm³/mol. The Hall–Kier alpha value is -1.11. The summed E-state index contributed by atoms with van der Waals surface area (Å²) in [5.41, 5.74) is 2.05. The first-order valence-electron chi connectivity index (χ1n) is 7.69. The van der Waals surface area contributed by atoms with Crippen LogP contribution in [0.4, 0.5) is 0 Å². The number of carbonyl (C=O) groups is 1. The maximum Gasteiger partial charge on any atom is 0.168 e. The third-order valence-electron chi connectivity index (χ3n) is 4.75. The van der Waals surface area contributed by atoms with Gasteiger partial charge in [-0.05, 0) is 30.7 Å². The topological polar surface area (TPSA) is 17.1 Å². The number of hydrogen-bond acceptors (Lipinski definition) is 1. The van der Waals surface area contributed by atoms with E-state index in [1.54, 1.807) is 0 Å². The zero-order valence-corrected chi connectivity index (χ0v) is 12.5. The minimum absolute atomic E-state index is 0.244. The van der Waals surface area contributed by atoms with E-state index in [-0.39, 0.29) is 11.2 Å². The fraction of sp³-hybridized carbons (Fsp3) is 0.611. The Morgan fingerprint density at radius 2 is 1.68 bits per heavy atom. The van der Waals surface area contributed by atoms with E-state index in [1.807, 2.05) is 26.0 Å². The van der Waals surface area contributed by atoms with Crippen LogP contribution in [0.5, 0.6) is 0 Å². The van der Waals surface area contributed by atoms with Gasteiger partial charge in [0, 0.05) is 11.0 Å². The van der Waals surface area contributed by atoms with Gasteiger partial charge in [-0.25, -0.2) is 0 Å². The van der Waals surface area contributed by atoms with E-state index in [2.05, 4.69) is 19.1 Å². The van der Waals surface area contributed by atoms with Crippen molar-refractivity contribution in [1.29, 1.82) is 0 Å². The van der Waals surface area contributed by atoms with Gasteiger partial charge < -0.3 is 0 Å². The van der Waals surface area contributed by atoms with Crippen LogP contribution in [0, 0.1) is 5.41 Å². The molecule has 0 radical (unpaired) electrons. The lowest BCUT2D eigenvalue weighted by molar-refractivity contribution is 0.0833. The second-order valence-corrected chi connectivity index (χ2v) is 6.52. The molecule has 104 valence electrons. The first kappa shape index (κ1) is 14.3. The van der Waals surface area contributed by atoms with Crippen LogP contribution in [0.3, 0.4) is 0 Å². The molecule has 1 aliphatic carbocycles. The molecule has 0 aliphatic heterocycles. The molecule has 0 amide bonds. The molecule has 1 nitrogen and oxygen atoms in total. The van der Waals surface area contributed by atoms with Gasteiger partial charge in [0.15, 0.2) is 5.78 Å². The first-order chi connectivity index (χ1) is 9.04. The smallest absolute Gasteiger partial charge is 0.168 e. The lowest BCUT2D eigenvalue weighted by atomic mass is 9.80. The summed E-state index contributed by atoms with van der Waals surface area (Å²) >= 11 is 0. The van der Waals surface area contributed by atoms with Crippen LogP contribution in [-0.2, 0) is 0 Å². The molecule has 0 atom stereocenters. The van der Waals surface area contributed by atoms with E-state index in [9.17, 15) is 4.79 Å². The maximum absolute atomic E-state index is 12.4. The molecule has 0 aromatic heterocycles. The van der Waals surface area contributed by atoms with Crippen molar-refractivity contribution in [2.45, 2.75) is 65.2 Å². The van der Waals surface area contributed by atoms with Gasteiger partial charge in [-0.2, -0.15) is 0 Å². The number of carbonyl (C=O) groups excluding carboxylic acids is 1. The number of rotatable bonds is 4. The van der Waals surface area contributed by atoms with Gasteiger partial charge >= 0.3 is 0 Å². The van der Waals surface area contributed by atoms with Crippen molar-refractivity contribution in [2.75, 3.05) is 0 Å². The van der Waals surface area contributed by atoms with Gasteiger partial charge in [-0.15, -0.1) is 0 Å². The Kier molecular flexibility index (Phi) is 4.44. The lowest BCUT2D eigenvalue weighted by Crippen LogP contribution is -2.23.